The SMILES string of the molecule is CCC1(C(=O)O)CCN(C(=O)NCCCS(N)(=O)=O)C1. The molecule has 0 radical (unpaired) electrons. The van der Waals surface area contributed by atoms with Crippen LogP contribution in [-0.2, 0) is 14.8 Å². The van der Waals surface area contributed by atoms with Crippen LogP contribution < -0.4 is 10.5 Å². The number of carbonyl (C=O) groups is 2. The van der Waals surface area contributed by atoms with Gasteiger partial charge in [-0.2, -0.15) is 0 Å². The first-order valence-corrected chi connectivity index (χ1v) is 8.18. The third-order valence-electron chi connectivity index (χ3n) is 3.65. The van der Waals surface area contributed by atoms with Crippen LogP contribution in [0.2, 0.25) is 0 Å². The molecular formula is C11H21N3O5S. The molecule has 4 N–H and O–H groups in total. The zero-order valence-corrected chi connectivity index (χ0v) is 12.3. The molecule has 0 bridgehead atoms. The van der Waals surface area contributed by atoms with Crippen LogP contribution in [0, 0.1) is 5.41 Å². The molecule has 0 aromatic carbocycles. The number of hydrogen-bond donors (Lipinski definition) is 3. The normalized spacial score (nSPS) is 22.8. The highest BCUT2D eigenvalue weighted by Gasteiger charge is 2.44. The van der Waals surface area contributed by atoms with Crippen LogP contribution in [0.1, 0.15) is 26.2 Å². The molecular weight excluding hydrogens is 286 g/mol. The van der Waals surface area contributed by atoms with E-state index in [4.69, 9.17) is 5.14 Å². The van der Waals surface area contributed by atoms with Gasteiger partial charge in [0, 0.05) is 19.6 Å². The van der Waals surface area contributed by atoms with Crippen LogP contribution in [-0.4, -0.2) is 55.8 Å². The number of nitrogens with one attached hydrogen (secondary N) is 1. The zero-order valence-electron chi connectivity index (χ0n) is 11.5. The van der Waals surface area contributed by atoms with E-state index in [9.17, 15) is 23.1 Å². The van der Waals surface area contributed by atoms with Crippen molar-refractivity contribution in [3.8, 4) is 0 Å². The maximum Gasteiger partial charge on any atom is 0.317 e. The minimum Gasteiger partial charge on any atom is -0.481 e. The van der Waals surface area contributed by atoms with Crippen molar-refractivity contribution in [1.82, 2.24) is 10.2 Å². The number of hydrogen-bond acceptors (Lipinski definition) is 4. The number of sulfonamides is 1. The van der Waals surface area contributed by atoms with Gasteiger partial charge in [-0.25, -0.2) is 18.4 Å². The molecule has 1 saturated heterocycles. The van der Waals surface area contributed by atoms with Gasteiger partial charge >= 0.3 is 12.0 Å². The van der Waals surface area contributed by atoms with Gasteiger partial charge in [-0.05, 0) is 19.3 Å². The van der Waals surface area contributed by atoms with Gasteiger partial charge in [0.1, 0.15) is 0 Å². The van der Waals surface area contributed by atoms with Crippen LogP contribution in [0.3, 0.4) is 0 Å². The van der Waals surface area contributed by atoms with Gasteiger partial charge < -0.3 is 15.3 Å². The molecule has 9 heteroatoms. The van der Waals surface area contributed by atoms with E-state index in [1.165, 1.54) is 4.90 Å². The summed E-state index contributed by atoms with van der Waals surface area (Å²) in [4.78, 5) is 24.5. The standard InChI is InChI=1S/C11H21N3O5S/c1-2-11(9(15)16)4-6-14(8-11)10(17)13-5-3-7-20(12,18)19/h2-8H2,1H3,(H,13,17)(H,15,16)(H2,12,18,19). The molecule has 0 aromatic heterocycles. The quantitative estimate of drug-likeness (QED) is 0.573. The Bertz CT molecular complexity index is 478. The number of primary sulfonamides is 1. The number of aliphatic carboxylic acids is 1. The fourth-order valence-electron chi connectivity index (χ4n) is 2.24. The molecule has 1 aliphatic rings. The van der Waals surface area contributed by atoms with E-state index in [-0.39, 0.29) is 31.3 Å². The van der Waals surface area contributed by atoms with Gasteiger partial charge in [0.15, 0.2) is 0 Å². The highest BCUT2D eigenvalue weighted by atomic mass is 32.2. The third kappa shape index (κ3) is 4.34. The Morgan fingerprint density at radius 2 is 2.10 bits per heavy atom. The van der Waals surface area contributed by atoms with E-state index in [0.717, 1.165) is 0 Å². The summed E-state index contributed by atoms with van der Waals surface area (Å²) >= 11 is 0. The number of carboxylic acid groups (broad SMARTS) is 1. The van der Waals surface area contributed by atoms with Crippen molar-refractivity contribution >= 4 is 22.0 Å². The molecule has 1 aliphatic heterocycles. The number of nitrogens with two attached hydrogens (primary N) is 1. The first-order chi connectivity index (χ1) is 9.20. The number of carbonyl (C=O) groups excluding carboxylic acids is 1. The Hall–Kier alpha value is -1.35. The summed E-state index contributed by atoms with van der Waals surface area (Å²) in [6, 6.07) is -0.365. The van der Waals surface area contributed by atoms with Crippen molar-refractivity contribution < 1.29 is 23.1 Å². The summed E-state index contributed by atoms with van der Waals surface area (Å²) in [5, 5.41) is 16.6. The minimum atomic E-state index is -3.52. The minimum absolute atomic E-state index is 0.180. The van der Waals surface area contributed by atoms with E-state index >= 15 is 0 Å². The highest BCUT2D eigenvalue weighted by molar-refractivity contribution is 7.89. The molecule has 0 aromatic rings. The van der Waals surface area contributed by atoms with Crippen molar-refractivity contribution in [2.75, 3.05) is 25.4 Å². The second-order valence-electron chi connectivity index (χ2n) is 5.06. The number of likely N-dealkylation sites (tertiary alicyclic amines) is 1. The van der Waals surface area contributed by atoms with Crippen LogP contribution >= 0.6 is 0 Å². The average Bonchev–Trinajstić information content (AvgIpc) is 2.79. The fourth-order valence-corrected chi connectivity index (χ4v) is 2.79. The first-order valence-electron chi connectivity index (χ1n) is 6.47. The lowest BCUT2D eigenvalue weighted by Gasteiger charge is -2.23. The molecule has 1 fully saturated rings. The predicted molar refractivity (Wildman–Crippen MR) is 72.5 cm³/mol. The van der Waals surface area contributed by atoms with Crippen molar-refractivity contribution in [3.05, 3.63) is 0 Å². The molecule has 0 saturated carbocycles. The van der Waals surface area contributed by atoms with Crippen molar-refractivity contribution in [1.29, 1.82) is 0 Å². The molecule has 20 heavy (non-hydrogen) atoms. The van der Waals surface area contributed by atoms with E-state index in [0.29, 0.717) is 19.4 Å². The number of amides is 2. The molecule has 1 rings (SSSR count). The molecule has 116 valence electrons. The van der Waals surface area contributed by atoms with Gasteiger partial charge in [0.2, 0.25) is 10.0 Å². The molecule has 8 nitrogen and oxygen atoms in total. The summed E-state index contributed by atoms with van der Waals surface area (Å²) in [6.07, 6.45) is 1.14. The Kier molecular flexibility index (Phi) is 5.35. The van der Waals surface area contributed by atoms with E-state index in [1.807, 2.05) is 0 Å². The lowest BCUT2D eigenvalue weighted by molar-refractivity contribution is -0.148. The van der Waals surface area contributed by atoms with Gasteiger partial charge in [0.25, 0.3) is 0 Å². The number of nitrogens with zero attached hydrogens (tertiary/aromatic N) is 1. The van der Waals surface area contributed by atoms with E-state index in [2.05, 4.69) is 5.32 Å². The second kappa shape index (κ2) is 6.40. The summed E-state index contributed by atoms with van der Waals surface area (Å²) in [5.41, 5.74) is -0.863. The summed E-state index contributed by atoms with van der Waals surface area (Å²) in [5.74, 6) is -1.08. The van der Waals surface area contributed by atoms with Crippen LogP contribution in [0.15, 0.2) is 0 Å². The Morgan fingerprint density at radius 1 is 1.45 bits per heavy atom. The fraction of sp³-hybridized carbons (Fsp3) is 0.818. The molecule has 0 aliphatic carbocycles. The lowest BCUT2D eigenvalue weighted by Crippen LogP contribution is -2.42. The number of rotatable bonds is 6. The Labute approximate surface area is 118 Å². The van der Waals surface area contributed by atoms with E-state index < -0.39 is 21.4 Å². The molecule has 0 spiro atoms. The van der Waals surface area contributed by atoms with Gasteiger partial charge in [-0.15, -0.1) is 0 Å². The van der Waals surface area contributed by atoms with Gasteiger partial charge in [-0.3, -0.25) is 4.79 Å². The molecule has 1 atom stereocenters. The molecule has 2 amide bonds. The summed E-state index contributed by atoms with van der Waals surface area (Å²) in [6.45, 7) is 2.56. The van der Waals surface area contributed by atoms with Crippen LogP contribution in [0.5, 0.6) is 0 Å². The maximum absolute atomic E-state index is 11.8. The lowest BCUT2D eigenvalue weighted by atomic mass is 9.84. The van der Waals surface area contributed by atoms with Gasteiger partial charge in [-0.1, -0.05) is 6.92 Å². The largest absolute Gasteiger partial charge is 0.481 e. The van der Waals surface area contributed by atoms with Crippen molar-refractivity contribution in [3.63, 3.8) is 0 Å². The van der Waals surface area contributed by atoms with E-state index in [1.54, 1.807) is 6.92 Å². The zero-order chi connectivity index (χ0) is 15.4. The molecule has 1 unspecified atom stereocenters. The van der Waals surface area contributed by atoms with Crippen LogP contribution in [0.25, 0.3) is 0 Å². The second-order valence-corrected chi connectivity index (χ2v) is 6.80. The number of carboxylic acids is 1. The third-order valence-corrected chi connectivity index (χ3v) is 4.51. The highest BCUT2D eigenvalue weighted by Crippen LogP contribution is 2.34. The molecule has 1 heterocycles. The Balaban J connectivity index is 2.41. The topological polar surface area (TPSA) is 130 Å². The van der Waals surface area contributed by atoms with Crippen molar-refractivity contribution in [2.45, 2.75) is 26.2 Å². The van der Waals surface area contributed by atoms with Crippen LogP contribution in [0.4, 0.5) is 4.79 Å². The maximum atomic E-state index is 11.8. The summed E-state index contributed by atoms with van der Waals surface area (Å²) in [7, 11) is -3.52. The van der Waals surface area contributed by atoms with Gasteiger partial charge in [0.05, 0.1) is 11.2 Å². The first kappa shape index (κ1) is 16.7. The average molecular weight is 307 g/mol. The summed E-state index contributed by atoms with van der Waals surface area (Å²) < 4.78 is 21.4. The Morgan fingerprint density at radius 3 is 2.55 bits per heavy atom. The van der Waals surface area contributed by atoms with Crippen molar-refractivity contribution in [2.24, 2.45) is 10.6 Å². The smallest absolute Gasteiger partial charge is 0.317 e. The predicted octanol–water partition coefficient (Wildman–Crippen LogP) is -0.439. The number of urea groups is 1. The monoisotopic (exact) mass is 307 g/mol.